The van der Waals surface area contributed by atoms with E-state index >= 15 is 0 Å². The highest BCUT2D eigenvalue weighted by Crippen LogP contribution is 2.07. The summed E-state index contributed by atoms with van der Waals surface area (Å²) in [5.74, 6) is 0.0110. The van der Waals surface area contributed by atoms with Crippen molar-refractivity contribution in [3.8, 4) is 0 Å². The van der Waals surface area contributed by atoms with Crippen molar-refractivity contribution in [2.75, 3.05) is 7.05 Å². The van der Waals surface area contributed by atoms with Crippen molar-refractivity contribution in [1.29, 1.82) is 0 Å². The minimum Gasteiger partial charge on any atom is -0.361 e. The minimum atomic E-state index is -0.287. The molecule has 0 aromatic carbocycles. The first-order chi connectivity index (χ1) is 9.54. The van der Waals surface area contributed by atoms with Crippen LogP contribution < -0.4 is 15.9 Å². The van der Waals surface area contributed by atoms with Crippen molar-refractivity contribution in [3.63, 3.8) is 0 Å². The SMILES string of the molecule is C=c1[nH]cc(CC2NC(=S)N(C)C2=O)/c1=C/C=C\CC. The van der Waals surface area contributed by atoms with Crippen LogP contribution in [-0.2, 0) is 11.2 Å². The Morgan fingerprint density at radius 2 is 2.30 bits per heavy atom. The number of likely N-dealkylation sites (N-methyl/N-ethyl adjacent to an activating group) is 1. The first-order valence-electron chi connectivity index (χ1n) is 6.64. The summed E-state index contributed by atoms with van der Waals surface area (Å²) in [5.41, 5.74) is 1.07. The molecule has 5 heteroatoms. The fourth-order valence-electron chi connectivity index (χ4n) is 2.20. The van der Waals surface area contributed by atoms with E-state index in [-0.39, 0.29) is 11.9 Å². The van der Waals surface area contributed by atoms with Crippen LogP contribution in [0.2, 0.25) is 0 Å². The number of amides is 1. The number of aromatic amines is 1. The van der Waals surface area contributed by atoms with Gasteiger partial charge in [-0.2, -0.15) is 0 Å². The zero-order valence-corrected chi connectivity index (χ0v) is 12.6. The van der Waals surface area contributed by atoms with Gasteiger partial charge < -0.3 is 10.3 Å². The second-order valence-corrected chi connectivity index (χ2v) is 5.20. The molecule has 0 radical (unpaired) electrons. The molecule has 1 saturated heterocycles. The summed E-state index contributed by atoms with van der Waals surface area (Å²) in [6.07, 6.45) is 9.62. The van der Waals surface area contributed by atoms with Crippen LogP contribution in [0.3, 0.4) is 0 Å². The lowest BCUT2D eigenvalue weighted by Gasteiger charge is -2.06. The van der Waals surface area contributed by atoms with Gasteiger partial charge in [-0.1, -0.05) is 31.7 Å². The molecule has 1 aliphatic rings. The van der Waals surface area contributed by atoms with Gasteiger partial charge in [0.05, 0.1) is 0 Å². The topological polar surface area (TPSA) is 48.1 Å². The van der Waals surface area contributed by atoms with Crippen LogP contribution in [0.4, 0.5) is 0 Å². The molecule has 1 fully saturated rings. The van der Waals surface area contributed by atoms with E-state index in [0.29, 0.717) is 11.5 Å². The van der Waals surface area contributed by atoms with E-state index in [1.54, 1.807) is 7.05 Å². The fraction of sp³-hybridized carbons (Fsp3) is 0.333. The summed E-state index contributed by atoms with van der Waals surface area (Å²) < 4.78 is 0. The van der Waals surface area contributed by atoms with Crippen molar-refractivity contribution in [3.05, 3.63) is 34.5 Å². The molecule has 1 atom stereocenters. The van der Waals surface area contributed by atoms with Crippen LogP contribution in [-0.4, -0.2) is 34.0 Å². The first kappa shape index (κ1) is 14.5. The highest BCUT2D eigenvalue weighted by Gasteiger charge is 2.32. The molecule has 20 heavy (non-hydrogen) atoms. The number of carbonyl (C=O) groups excluding carboxylic acids is 1. The predicted molar refractivity (Wildman–Crippen MR) is 85.5 cm³/mol. The summed E-state index contributed by atoms with van der Waals surface area (Å²) in [6, 6.07) is -0.287. The lowest BCUT2D eigenvalue weighted by atomic mass is 10.1. The van der Waals surface area contributed by atoms with Crippen LogP contribution >= 0.6 is 12.2 Å². The third kappa shape index (κ3) is 2.82. The Hall–Kier alpha value is -1.88. The van der Waals surface area contributed by atoms with Crippen molar-refractivity contribution in [2.24, 2.45) is 0 Å². The number of nitrogens with one attached hydrogen (secondary N) is 2. The lowest BCUT2D eigenvalue weighted by molar-refractivity contribution is -0.126. The summed E-state index contributed by atoms with van der Waals surface area (Å²) in [5, 5.41) is 5.44. The van der Waals surface area contributed by atoms with Gasteiger partial charge >= 0.3 is 0 Å². The van der Waals surface area contributed by atoms with Gasteiger partial charge in [0.25, 0.3) is 5.91 Å². The van der Waals surface area contributed by atoms with Gasteiger partial charge in [-0.3, -0.25) is 9.69 Å². The molecule has 2 rings (SSSR count). The summed E-state index contributed by atoms with van der Waals surface area (Å²) in [4.78, 5) is 16.6. The molecule has 1 amide bonds. The van der Waals surface area contributed by atoms with Crippen molar-refractivity contribution >= 4 is 35.9 Å². The van der Waals surface area contributed by atoms with Crippen molar-refractivity contribution in [1.82, 2.24) is 15.2 Å². The number of rotatable bonds is 4. The molecular weight excluding hydrogens is 270 g/mol. The number of allylic oxidation sites excluding steroid dienone is 2. The lowest BCUT2D eigenvalue weighted by Crippen LogP contribution is -2.34. The standard InChI is InChI=1S/C15H19N3OS/c1-4-5-6-7-12-10(2)16-9-11(12)8-13-14(19)18(3)15(20)17-13/h5-7,9,13,16H,2,4,8H2,1,3H3,(H,17,20)/b6-5-,12-7+. The number of carbonyl (C=O) groups is 1. The highest BCUT2D eigenvalue weighted by atomic mass is 32.1. The maximum Gasteiger partial charge on any atom is 0.251 e. The molecule has 0 aliphatic carbocycles. The molecule has 1 aromatic rings. The van der Waals surface area contributed by atoms with E-state index < -0.39 is 0 Å². The van der Waals surface area contributed by atoms with Gasteiger partial charge in [0.1, 0.15) is 6.04 Å². The number of hydrogen-bond acceptors (Lipinski definition) is 2. The summed E-state index contributed by atoms with van der Waals surface area (Å²) in [6.45, 7) is 6.07. The highest BCUT2D eigenvalue weighted by molar-refractivity contribution is 7.80. The van der Waals surface area contributed by atoms with Crippen LogP contribution in [0.15, 0.2) is 18.3 Å². The molecule has 106 valence electrons. The molecule has 2 N–H and O–H groups in total. The molecular formula is C15H19N3OS. The molecule has 0 bridgehead atoms. The van der Waals surface area contributed by atoms with Crippen molar-refractivity contribution < 1.29 is 4.79 Å². The Morgan fingerprint density at radius 1 is 1.55 bits per heavy atom. The number of hydrogen-bond donors (Lipinski definition) is 2. The molecule has 2 heterocycles. The van der Waals surface area contributed by atoms with Gasteiger partial charge in [0, 0.05) is 30.2 Å². The number of H-pyrrole nitrogens is 1. The van der Waals surface area contributed by atoms with Crippen LogP contribution in [0.5, 0.6) is 0 Å². The second kappa shape index (κ2) is 6.05. The largest absolute Gasteiger partial charge is 0.361 e. The smallest absolute Gasteiger partial charge is 0.251 e. The second-order valence-electron chi connectivity index (χ2n) is 4.81. The first-order valence-corrected chi connectivity index (χ1v) is 7.05. The number of nitrogens with zero attached hydrogens (tertiary/aromatic N) is 1. The quantitative estimate of drug-likeness (QED) is 0.790. The maximum atomic E-state index is 12.0. The Morgan fingerprint density at radius 3 is 2.90 bits per heavy atom. The predicted octanol–water partition coefficient (Wildman–Crippen LogP) is 0.429. The average molecular weight is 289 g/mol. The van der Waals surface area contributed by atoms with Gasteiger partial charge in [-0.15, -0.1) is 0 Å². The van der Waals surface area contributed by atoms with E-state index in [2.05, 4.69) is 29.9 Å². The van der Waals surface area contributed by atoms with E-state index in [9.17, 15) is 4.79 Å². The third-order valence-electron chi connectivity index (χ3n) is 3.38. The van der Waals surface area contributed by atoms with Crippen LogP contribution in [0, 0.1) is 0 Å². The maximum absolute atomic E-state index is 12.0. The minimum absolute atomic E-state index is 0.0110. The monoisotopic (exact) mass is 289 g/mol. The van der Waals surface area contributed by atoms with E-state index in [4.69, 9.17) is 12.2 Å². The third-order valence-corrected chi connectivity index (χ3v) is 3.77. The normalized spacial score (nSPS) is 20.2. The Labute approximate surface area is 123 Å². The van der Waals surface area contributed by atoms with E-state index in [1.807, 2.05) is 18.3 Å². The van der Waals surface area contributed by atoms with Crippen molar-refractivity contribution in [2.45, 2.75) is 25.8 Å². The molecule has 1 aromatic heterocycles. The van der Waals surface area contributed by atoms with E-state index in [0.717, 1.165) is 22.6 Å². The van der Waals surface area contributed by atoms with E-state index in [1.165, 1.54) is 4.90 Å². The Kier molecular flexibility index (Phi) is 4.39. The molecule has 1 aliphatic heterocycles. The fourth-order valence-corrected chi connectivity index (χ4v) is 2.43. The molecule has 0 spiro atoms. The molecule has 1 unspecified atom stereocenters. The summed E-state index contributed by atoms with van der Waals surface area (Å²) >= 11 is 5.09. The zero-order chi connectivity index (χ0) is 14.7. The van der Waals surface area contributed by atoms with Crippen LogP contribution in [0.25, 0.3) is 12.7 Å². The number of aromatic nitrogens is 1. The summed E-state index contributed by atoms with van der Waals surface area (Å²) in [7, 11) is 1.69. The Balaban J connectivity index is 2.25. The van der Waals surface area contributed by atoms with Gasteiger partial charge in [0.2, 0.25) is 0 Å². The zero-order valence-electron chi connectivity index (χ0n) is 11.8. The van der Waals surface area contributed by atoms with Crippen LogP contribution in [0.1, 0.15) is 18.9 Å². The van der Waals surface area contributed by atoms with Gasteiger partial charge in [-0.25, -0.2) is 0 Å². The molecule has 4 nitrogen and oxygen atoms in total. The molecule has 0 saturated carbocycles. The van der Waals surface area contributed by atoms with Gasteiger partial charge in [0.15, 0.2) is 5.11 Å². The average Bonchev–Trinajstić information content (AvgIpc) is 2.88. The van der Waals surface area contributed by atoms with Gasteiger partial charge in [-0.05, 0) is 24.2 Å². The number of thiocarbonyl (C=S) groups is 1. The Bertz CT molecular complexity index is 659.